The minimum Gasteiger partial charge on any atom is -0.437 e. The number of pyridine rings is 1. The molecule has 0 atom stereocenters. The molecule has 0 spiro atoms. The van der Waals surface area contributed by atoms with Crippen molar-refractivity contribution in [2.45, 2.75) is 13.5 Å². The summed E-state index contributed by atoms with van der Waals surface area (Å²) in [7, 11) is 0. The van der Waals surface area contributed by atoms with Crippen LogP contribution in [0, 0.1) is 12.7 Å². The van der Waals surface area contributed by atoms with Gasteiger partial charge < -0.3 is 9.84 Å². The lowest BCUT2D eigenvalue weighted by molar-refractivity contribution is 0.280. The number of aliphatic hydroxyl groups is 1. The van der Waals surface area contributed by atoms with Gasteiger partial charge in [-0.15, -0.1) is 0 Å². The minimum absolute atomic E-state index is 0.0730. The zero-order valence-corrected chi connectivity index (χ0v) is 10.4. The van der Waals surface area contributed by atoms with E-state index in [1.807, 2.05) is 0 Å². The van der Waals surface area contributed by atoms with Crippen LogP contribution in [0.2, 0.25) is 5.02 Å². The van der Waals surface area contributed by atoms with E-state index >= 15 is 0 Å². The van der Waals surface area contributed by atoms with E-state index in [0.29, 0.717) is 17.3 Å². The zero-order valence-electron chi connectivity index (χ0n) is 9.65. The zero-order chi connectivity index (χ0) is 13.1. The number of aryl methyl sites for hydroxylation is 1. The largest absolute Gasteiger partial charge is 0.437 e. The van der Waals surface area contributed by atoms with E-state index in [4.69, 9.17) is 21.4 Å². The van der Waals surface area contributed by atoms with Crippen LogP contribution in [0.4, 0.5) is 4.39 Å². The van der Waals surface area contributed by atoms with Gasteiger partial charge in [0, 0.05) is 11.8 Å². The van der Waals surface area contributed by atoms with Crippen LogP contribution in [-0.4, -0.2) is 10.1 Å². The Labute approximate surface area is 109 Å². The maximum absolute atomic E-state index is 12.9. The van der Waals surface area contributed by atoms with Crippen molar-refractivity contribution in [3.63, 3.8) is 0 Å². The van der Waals surface area contributed by atoms with Crippen molar-refractivity contribution in [2.75, 3.05) is 0 Å². The molecule has 0 saturated heterocycles. The molecule has 0 unspecified atom stereocenters. The SMILES string of the molecule is Cc1nc(Oc2ccc(F)cc2Cl)ccc1CO. The minimum atomic E-state index is -0.424. The highest BCUT2D eigenvalue weighted by molar-refractivity contribution is 6.32. The van der Waals surface area contributed by atoms with Crippen LogP contribution >= 0.6 is 11.6 Å². The van der Waals surface area contributed by atoms with Crippen molar-refractivity contribution in [3.05, 3.63) is 52.4 Å². The van der Waals surface area contributed by atoms with Gasteiger partial charge >= 0.3 is 0 Å². The molecule has 0 radical (unpaired) electrons. The molecule has 2 rings (SSSR count). The van der Waals surface area contributed by atoms with E-state index in [2.05, 4.69) is 4.98 Å². The van der Waals surface area contributed by atoms with Gasteiger partial charge in [0.2, 0.25) is 5.88 Å². The lowest BCUT2D eigenvalue weighted by Gasteiger charge is -2.08. The van der Waals surface area contributed by atoms with E-state index in [-0.39, 0.29) is 11.6 Å². The lowest BCUT2D eigenvalue weighted by atomic mass is 10.2. The molecule has 0 amide bonds. The predicted octanol–water partition coefficient (Wildman–Crippen LogP) is 3.47. The van der Waals surface area contributed by atoms with Gasteiger partial charge in [0.1, 0.15) is 11.6 Å². The average molecular weight is 268 g/mol. The molecule has 5 heteroatoms. The summed E-state index contributed by atoms with van der Waals surface area (Å²) < 4.78 is 18.3. The van der Waals surface area contributed by atoms with Crippen LogP contribution in [0.15, 0.2) is 30.3 Å². The molecular formula is C13H11ClFNO2. The second-order valence-corrected chi connectivity index (χ2v) is 4.14. The number of rotatable bonds is 3. The summed E-state index contributed by atoms with van der Waals surface area (Å²) in [6, 6.07) is 7.21. The Hall–Kier alpha value is -1.65. The quantitative estimate of drug-likeness (QED) is 0.926. The van der Waals surface area contributed by atoms with Gasteiger partial charge in [-0.25, -0.2) is 9.37 Å². The molecular weight excluding hydrogens is 257 g/mol. The van der Waals surface area contributed by atoms with Crippen molar-refractivity contribution < 1.29 is 14.2 Å². The monoisotopic (exact) mass is 267 g/mol. The van der Waals surface area contributed by atoms with Crippen molar-refractivity contribution in [2.24, 2.45) is 0 Å². The van der Waals surface area contributed by atoms with E-state index in [1.165, 1.54) is 18.2 Å². The highest BCUT2D eigenvalue weighted by atomic mass is 35.5. The number of nitrogens with zero attached hydrogens (tertiary/aromatic N) is 1. The fourth-order valence-electron chi connectivity index (χ4n) is 1.46. The normalized spacial score (nSPS) is 10.4. The fourth-order valence-corrected chi connectivity index (χ4v) is 1.67. The molecule has 0 bridgehead atoms. The van der Waals surface area contributed by atoms with E-state index in [0.717, 1.165) is 5.56 Å². The molecule has 1 aromatic heterocycles. The first-order chi connectivity index (χ1) is 8.60. The number of hydrogen-bond donors (Lipinski definition) is 1. The third-order valence-electron chi connectivity index (χ3n) is 2.45. The Morgan fingerprint density at radius 3 is 2.72 bits per heavy atom. The Morgan fingerprint density at radius 1 is 1.33 bits per heavy atom. The van der Waals surface area contributed by atoms with E-state index in [1.54, 1.807) is 19.1 Å². The first-order valence-electron chi connectivity index (χ1n) is 5.30. The Kier molecular flexibility index (Phi) is 3.79. The van der Waals surface area contributed by atoms with Gasteiger partial charge in [-0.1, -0.05) is 11.6 Å². The van der Waals surface area contributed by atoms with Gasteiger partial charge in [-0.05, 0) is 36.8 Å². The molecule has 1 N–H and O–H groups in total. The van der Waals surface area contributed by atoms with Gasteiger partial charge in [-0.2, -0.15) is 0 Å². The number of aliphatic hydroxyl groups excluding tert-OH is 1. The second kappa shape index (κ2) is 5.33. The summed E-state index contributed by atoms with van der Waals surface area (Å²) in [5.41, 5.74) is 1.40. The van der Waals surface area contributed by atoms with Crippen molar-refractivity contribution >= 4 is 11.6 Å². The van der Waals surface area contributed by atoms with E-state index < -0.39 is 5.82 Å². The molecule has 0 fully saturated rings. The number of aromatic nitrogens is 1. The number of benzene rings is 1. The Balaban J connectivity index is 2.26. The molecule has 0 aliphatic carbocycles. The van der Waals surface area contributed by atoms with Crippen molar-refractivity contribution in [1.82, 2.24) is 4.98 Å². The standard InChI is InChI=1S/C13H11ClFNO2/c1-8-9(7-17)2-5-13(16-8)18-12-4-3-10(15)6-11(12)14/h2-6,17H,7H2,1H3. The van der Waals surface area contributed by atoms with Gasteiger partial charge in [0.05, 0.1) is 11.6 Å². The summed E-state index contributed by atoms with van der Waals surface area (Å²) in [5.74, 6) is 0.257. The Bertz CT molecular complexity index is 575. The molecule has 94 valence electrons. The molecule has 0 aliphatic heterocycles. The fraction of sp³-hybridized carbons (Fsp3) is 0.154. The molecule has 2 aromatic rings. The van der Waals surface area contributed by atoms with Gasteiger partial charge in [0.15, 0.2) is 0 Å². The number of ether oxygens (including phenoxy) is 1. The average Bonchev–Trinajstić information content (AvgIpc) is 2.33. The van der Waals surface area contributed by atoms with Crippen molar-refractivity contribution in [1.29, 1.82) is 0 Å². The van der Waals surface area contributed by atoms with Gasteiger partial charge in [-0.3, -0.25) is 0 Å². The summed E-state index contributed by atoms with van der Waals surface area (Å²) in [4.78, 5) is 4.17. The molecule has 1 aromatic carbocycles. The van der Waals surface area contributed by atoms with Crippen LogP contribution < -0.4 is 4.74 Å². The summed E-state index contributed by atoms with van der Waals surface area (Å²) in [6.45, 7) is 1.70. The van der Waals surface area contributed by atoms with Crippen LogP contribution in [0.5, 0.6) is 11.6 Å². The summed E-state index contributed by atoms with van der Waals surface area (Å²) >= 11 is 5.84. The summed E-state index contributed by atoms with van der Waals surface area (Å²) in [5, 5.41) is 9.21. The molecule has 0 aliphatic rings. The lowest BCUT2D eigenvalue weighted by Crippen LogP contribution is -1.95. The summed E-state index contributed by atoms with van der Waals surface area (Å²) in [6.07, 6.45) is 0. The third-order valence-corrected chi connectivity index (χ3v) is 2.74. The maximum Gasteiger partial charge on any atom is 0.219 e. The smallest absolute Gasteiger partial charge is 0.219 e. The maximum atomic E-state index is 12.9. The second-order valence-electron chi connectivity index (χ2n) is 3.73. The topological polar surface area (TPSA) is 42.4 Å². The first-order valence-corrected chi connectivity index (χ1v) is 5.68. The predicted molar refractivity (Wildman–Crippen MR) is 66.4 cm³/mol. The highest BCUT2D eigenvalue weighted by Crippen LogP contribution is 2.29. The number of halogens is 2. The first kappa shape index (κ1) is 12.8. The van der Waals surface area contributed by atoms with Crippen LogP contribution in [0.25, 0.3) is 0 Å². The van der Waals surface area contributed by atoms with Crippen LogP contribution in [-0.2, 0) is 6.61 Å². The Morgan fingerprint density at radius 2 is 2.11 bits per heavy atom. The highest BCUT2D eigenvalue weighted by Gasteiger charge is 2.07. The number of hydrogen-bond acceptors (Lipinski definition) is 3. The molecule has 0 saturated carbocycles. The molecule has 18 heavy (non-hydrogen) atoms. The van der Waals surface area contributed by atoms with Crippen molar-refractivity contribution in [3.8, 4) is 11.6 Å². The molecule has 3 nitrogen and oxygen atoms in total. The van der Waals surface area contributed by atoms with E-state index in [9.17, 15) is 4.39 Å². The third kappa shape index (κ3) is 2.78. The van der Waals surface area contributed by atoms with Crippen LogP contribution in [0.3, 0.4) is 0 Å². The van der Waals surface area contributed by atoms with Gasteiger partial charge in [0.25, 0.3) is 0 Å². The van der Waals surface area contributed by atoms with Crippen LogP contribution in [0.1, 0.15) is 11.3 Å². The molecule has 1 heterocycles.